The molecule has 0 aromatic heterocycles. The molecule has 0 aliphatic carbocycles. The third-order valence-electron chi connectivity index (χ3n) is 5.31. The van der Waals surface area contributed by atoms with E-state index >= 15 is 0 Å². The largest absolute Gasteiger partial charge is 0.341 e. The van der Waals surface area contributed by atoms with Gasteiger partial charge in [-0.3, -0.25) is 4.79 Å². The molecule has 148 valence electrons. The minimum absolute atomic E-state index is 0.00409. The fourth-order valence-corrected chi connectivity index (χ4v) is 4.19. The van der Waals surface area contributed by atoms with Crippen molar-refractivity contribution in [2.75, 3.05) is 46.3 Å². The van der Waals surface area contributed by atoms with Gasteiger partial charge in [-0.05, 0) is 43.6 Å². The smallest absolute Gasteiger partial charge is 0.317 e. The van der Waals surface area contributed by atoms with Crippen LogP contribution in [0.5, 0.6) is 0 Å². The van der Waals surface area contributed by atoms with E-state index in [-0.39, 0.29) is 24.4 Å². The molecule has 2 aliphatic rings. The van der Waals surface area contributed by atoms with Crippen molar-refractivity contribution in [3.63, 3.8) is 0 Å². The molecule has 0 saturated carbocycles. The number of piperazine rings is 1. The average molecular weight is 413 g/mol. The predicted octanol–water partition coefficient (Wildman–Crippen LogP) is 2.48. The van der Waals surface area contributed by atoms with Gasteiger partial charge in [-0.25, -0.2) is 4.79 Å². The molecule has 0 bridgehead atoms. The number of urea groups is 1. The van der Waals surface area contributed by atoms with Crippen LogP contribution in [-0.2, 0) is 11.2 Å². The fraction of sp³-hybridized carbons (Fsp3) is 0.579. The van der Waals surface area contributed by atoms with Crippen LogP contribution in [0.2, 0.25) is 10.0 Å². The van der Waals surface area contributed by atoms with Crippen molar-refractivity contribution in [3.05, 3.63) is 33.8 Å². The van der Waals surface area contributed by atoms with Gasteiger partial charge in [0.15, 0.2) is 0 Å². The van der Waals surface area contributed by atoms with Crippen molar-refractivity contribution in [1.82, 2.24) is 20.0 Å². The van der Waals surface area contributed by atoms with Crippen LogP contribution in [-0.4, -0.2) is 79.0 Å². The zero-order valence-electron chi connectivity index (χ0n) is 15.6. The quantitative estimate of drug-likeness (QED) is 0.826. The first-order valence-electron chi connectivity index (χ1n) is 9.40. The molecule has 3 rings (SSSR count). The maximum atomic E-state index is 13.0. The summed E-state index contributed by atoms with van der Waals surface area (Å²) >= 11 is 12.0. The van der Waals surface area contributed by atoms with Crippen LogP contribution in [0.15, 0.2) is 18.2 Å². The van der Waals surface area contributed by atoms with Crippen LogP contribution in [0, 0.1) is 0 Å². The minimum Gasteiger partial charge on any atom is -0.341 e. The summed E-state index contributed by atoms with van der Waals surface area (Å²) in [7, 11) is 1.64. The van der Waals surface area contributed by atoms with E-state index in [9.17, 15) is 9.59 Å². The number of nitrogens with one attached hydrogen (secondary N) is 1. The molecule has 2 saturated heterocycles. The minimum atomic E-state index is -0.0852. The second-order valence-electron chi connectivity index (χ2n) is 7.18. The molecular weight excluding hydrogens is 387 g/mol. The lowest BCUT2D eigenvalue weighted by molar-refractivity contribution is -0.135. The number of hydrogen-bond acceptors (Lipinski definition) is 3. The molecular formula is C19H26Cl2N4O2. The zero-order valence-corrected chi connectivity index (χ0v) is 17.1. The number of halogens is 2. The van der Waals surface area contributed by atoms with Gasteiger partial charge in [0, 0.05) is 33.2 Å². The third-order valence-corrected chi connectivity index (χ3v) is 6.05. The normalized spacial score (nSPS) is 20.8. The lowest BCUT2D eigenvalue weighted by Gasteiger charge is -2.42. The first-order valence-corrected chi connectivity index (χ1v) is 10.2. The predicted molar refractivity (Wildman–Crippen MR) is 107 cm³/mol. The van der Waals surface area contributed by atoms with E-state index in [2.05, 4.69) is 10.2 Å². The molecule has 0 radical (unpaired) electrons. The molecule has 1 unspecified atom stereocenters. The Balaban J connectivity index is 1.70. The third kappa shape index (κ3) is 5.06. The number of hydrogen-bond donors (Lipinski definition) is 1. The molecule has 27 heavy (non-hydrogen) atoms. The zero-order chi connectivity index (χ0) is 19.4. The highest BCUT2D eigenvalue weighted by molar-refractivity contribution is 6.42. The Bertz CT molecular complexity index is 694. The van der Waals surface area contributed by atoms with E-state index in [0.717, 1.165) is 25.2 Å². The van der Waals surface area contributed by atoms with Gasteiger partial charge < -0.3 is 20.0 Å². The van der Waals surface area contributed by atoms with Crippen molar-refractivity contribution in [2.45, 2.75) is 25.3 Å². The summed E-state index contributed by atoms with van der Waals surface area (Å²) in [5, 5.41) is 3.63. The molecule has 2 fully saturated rings. The summed E-state index contributed by atoms with van der Waals surface area (Å²) in [6.07, 6.45) is 2.68. The summed E-state index contributed by atoms with van der Waals surface area (Å²) < 4.78 is 0. The average Bonchev–Trinajstić information content (AvgIpc) is 3.17. The Morgan fingerprint density at radius 2 is 1.85 bits per heavy atom. The molecule has 8 heteroatoms. The first-order chi connectivity index (χ1) is 13.0. The number of carbonyl (C=O) groups excluding carboxylic acids is 2. The molecule has 6 nitrogen and oxygen atoms in total. The van der Waals surface area contributed by atoms with E-state index in [1.165, 1.54) is 12.8 Å². The highest BCUT2D eigenvalue weighted by atomic mass is 35.5. The lowest BCUT2D eigenvalue weighted by Crippen LogP contribution is -2.60. The summed E-state index contributed by atoms with van der Waals surface area (Å²) in [4.78, 5) is 31.2. The fourth-order valence-electron chi connectivity index (χ4n) is 3.87. The van der Waals surface area contributed by atoms with Gasteiger partial charge in [-0.1, -0.05) is 29.3 Å². The number of nitrogens with zero attached hydrogens (tertiary/aromatic N) is 3. The molecule has 2 heterocycles. The van der Waals surface area contributed by atoms with E-state index in [1.807, 2.05) is 11.0 Å². The lowest BCUT2D eigenvalue weighted by atomic mass is 10.1. The van der Waals surface area contributed by atoms with Gasteiger partial charge in [-0.15, -0.1) is 0 Å². The number of benzene rings is 1. The molecule has 0 spiro atoms. The topological polar surface area (TPSA) is 55.9 Å². The van der Waals surface area contributed by atoms with Crippen molar-refractivity contribution < 1.29 is 9.59 Å². The van der Waals surface area contributed by atoms with E-state index in [0.29, 0.717) is 29.7 Å². The maximum Gasteiger partial charge on any atom is 0.317 e. The molecule has 1 N–H and O–H groups in total. The SMILES string of the molecule is CNC(=O)N1CCN(C(=O)Cc2ccc(Cl)c(Cl)c2)C(CN2CCCC2)C1. The highest BCUT2D eigenvalue weighted by Gasteiger charge is 2.33. The Morgan fingerprint density at radius 1 is 1.11 bits per heavy atom. The van der Waals surface area contributed by atoms with Crippen molar-refractivity contribution in [3.8, 4) is 0 Å². The van der Waals surface area contributed by atoms with Gasteiger partial charge in [-0.2, -0.15) is 0 Å². The van der Waals surface area contributed by atoms with E-state index in [1.54, 1.807) is 24.1 Å². The second kappa shape index (κ2) is 9.13. The van der Waals surface area contributed by atoms with Crippen LogP contribution < -0.4 is 5.32 Å². The molecule has 1 aromatic carbocycles. The van der Waals surface area contributed by atoms with Gasteiger partial charge in [0.2, 0.25) is 5.91 Å². The van der Waals surface area contributed by atoms with Gasteiger partial charge in [0.05, 0.1) is 22.5 Å². The summed E-state index contributed by atoms with van der Waals surface area (Å²) in [5.41, 5.74) is 0.850. The number of likely N-dealkylation sites (tertiary alicyclic amines) is 1. The Labute approximate surface area is 170 Å². The van der Waals surface area contributed by atoms with E-state index in [4.69, 9.17) is 23.2 Å². The van der Waals surface area contributed by atoms with Crippen molar-refractivity contribution in [2.24, 2.45) is 0 Å². The number of amides is 3. The maximum absolute atomic E-state index is 13.0. The van der Waals surface area contributed by atoms with Crippen molar-refractivity contribution in [1.29, 1.82) is 0 Å². The Kier molecular flexibility index (Phi) is 6.84. The van der Waals surface area contributed by atoms with Crippen LogP contribution in [0.25, 0.3) is 0 Å². The molecule has 3 amide bonds. The molecule has 2 aliphatic heterocycles. The standard InChI is InChI=1S/C19H26Cl2N4O2/c1-22-19(27)24-8-9-25(15(13-24)12-23-6-2-3-7-23)18(26)11-14-4-5-16(20)17(21)10-14/h4-5,10,15H,2-3,6-9,11-13H2,1H3,(H,22,27). The highest BCUT2D eigenvalue weighted by Crippen LogP contribution is 2.24. The first kappa shape index (κ1) is 20.2. The van der Waals surface area contributed by atoms with Crippen molar-refractivity contribution >= 4 is 35.1 Å². The van der Waals surface area contributed by atoms with Crippen LogP contribution in [0.4, 0.5) is 4.79 Å². The summed E-state index contributed by atoms with van der Waals surface area (Å²) in [6.45, 7) is 4.58. The molecule has 1 aromatic rings. The second-order valence-corrected chi connectivity index (χ2v) is 7.99. The number of rotatable bonds is 4. The summed E-state index contributed by atoms with van der Waals surface area (Å²) in [5.74, 6) is 0.0640. The number of carbonyl (C=O) groups is 2. The molecule has 1 atom stereocenters. The summed E-state index contributed by atoms with van der Waals surface area (Å²) in [6, 6.07) is 5.22. The van der Waals surface area contributed by atoms with Crippen LogP contribution >= 0.6 is 23.2 Å². The van der Waals surface area contributed by atoms with Crippen LogP contribution in [0.1, 0.15) is 18.4 Å². The monoisotopic (exact) mass is 412 g/mol. The Morgan fingerprint density at radius 3 is 2.52 bits per heavy atom. The van der Waals surface area contributed by atoms with Gasteiger partial charge in [0.1, 0.15) is 0 Å². The Hall–Kier alpha value is -1.50. The van der Waals surface area contributed by atoms with Crippen LogP contribution in [0.3, 0.4) is 0 Å². The van der Waals surface area contributed by atoms with Gasteiger partial charge in [0.25, 0.3) is 0 Å². The van der Waals surface area contributed by atoms with E-state index < -0.39 is 0 Å². The van der Waals surface area contributed by atoms with Gasteiger partial charge >= 0.3 is 6.03 Å².